The summed E-state index contributed by atoms with van der Waals surface area (Å²) in [5.41, 5.74) is 7.12. The third kappa shape index (κ3) is 6.70. The molecule has 1 fully saturated rings. The predicted octanol–water partition coefficient (Wildman–Crippen LogP) is 6.51. The predicted molar refractivity (Wildman–Crippen MR) is 150 cm³/mol. The summed E-state index contributed by atoms with van der Waals surface area (Å²) in [7, 11) is 5.99. The first-order valence-electron chi connectivity index (χ1n) is 12.9. The molecule has 6 nitrogen and oxygen atoms in total. The fraction of sp³-hybridized carbons (Fsp3) is 0.519. The second-order valence-corrected chi connectivity index (χ2v) is 12.3. The summed E-state index contributed by atoms with van der Waals surface area (Å²) >= 11 is 4.30. The number of aromatic nitrogens is 5. The average Bonchev–Trinajstić information content (AvgIpc) is 3.29. The SMILES string of the molecule is CC1(C)CCCCC1.[B]C(C)(S)Cc1nc(N)nn2cc(F)c(-c3cc(F)c4nc(C)n(CC(F)F)c4c3)c12. The fourth-order valence-electron chi connectivity index (χ4n) is 5.20. The van der Waals surface area contributed by atoms with Gasteiger partial charge in [-0.05, 0) is 53.9 Å². The van der Waals surface area contributed by atoms with E-state index in [0.717, 1.165) is 12.3 Å². The van der Waals surface area contributed by atoms with E-state index >= 15 is 4.39 Å². The van der Waals surface area contributed by atoms with Gasteiger partial charge < -0.3 is 10.3 Å². The van der Waals surface area contributed by atoms with Crippen LogP contribution in [-0.2, 0) is 13.0 Å². The normalized spacial score (nSPS) is 16.9. The minimum atomic E-state index is -2.67. The van der Waals surface area contributed by atoms with Crippen LogP contribution in [0.1, 0.15) is 64.4 Å². The summed E-state index contributed by atoms with van der Waals surface area (Å²) in [4.78, 5) is 8.21. The van der Waals surface area contributed by atoms with Crippen molar-refractivity contribution in [3.63, 3.8) is 0 Å². The van der Waals surface area contributed by atoms with Crippen LogP contribution < -0.4 is 5.73 Å². The lowest BCUT2D eigenvalue weighted by Gasteiger charge is -2.28. The molecule has 1 unspecified atom stereocenters. The zero-order valence-electron chi connectivity index (χ0n) is 22.6. The summed E-state index contributed by atoms with van der Waals surface area (Å²) in [6, 6.07) is 2.52. The van der Waals surface area contributed by atoms with Crippen molar-refractivity contribution in [1.82, 2.24) is 24.1 Å². The molecule has 5 rings (SSSR count). The van der Waals surface area contributed by atoms with Gasteiger partial charge in [0.2, 0.25) is 5.95 Å². The molecule has 0 amide bonds. The number of rotatable bonds is 5. The van der Waals surface area contributed by atoms with Gasteiger partial charge in [-0.15, -0.1) is 5.10 Å². The molecule has 2 radical (unpaired) electrons. The number of alkyl halides is 2. The molecular weight excluding hydrogens is 527 g/mol. The van der Waals surface area contributed by atoms with Gasteiger partial charge in [-0.3, -0.25) is 0 Å². The zero-order valence-corrected chi connectivity index (χ0v) is 23.5. The lowest BCUT2D eigenvalue weighted by Crippen LogP contribution is -2.22. The number of nitrogens with two attached hydrogens (primary N) is 1. The topological polar surface area (TPSA) is 74.0 Å². The van der Waals surface area contributed by atoms with E-state index in [1.165, 1.54) is 54.2 Å². The largest absolute Gasteiger partial charge is 0.367 e. The number of imidazole rings is 1. The van der Waals surface area contributed by atoms with Crippen molar-refractivity contribution in [1.29, 1.82) is 0 Å². The molecule has 39 heavy (non-hydrogen) atoms. The number of fused-ring (bicyclic) bond motifs is 2. The van der Waals surface area contributed by atoms with Gasteiger partial charge in [-0.2, -0.15) is 12.6 Å². The van der Waals surface area contributed by atoms with Gasteiger partial charge in [-0.25, -0.2) is 32.0 Å². The van der Waals surface area contributed by atoms with Crippen molar-refractivity contribution in [3.05, 3.63) is 41.5 Å². The van der Waals surface area contributed by atoms with E-state index < -0.39 is 29.3 Å². The lowest BCUT2D eigenvalue weighted by atomic mass is 9.78. The molecule has 4 aromatic rings. The van der Waals surface area contributed by atoms with Gasteiger partial charge in [0.1, 0.15) is 11.3 Å². The van der Waals surface area contributed by atoms with E-state index in [9.17, 15) is 13.2 Å². The van der Waals surface area contributed by atoms with E-state index in [1.54, 1.807) is 6.92 Å². The highest BCUT2D eigenvalue weighted by Gasteiger charge is 2.25. The van der Waals surface area contributed by atoms with Crippen LogP contribution in [0.15, 0.2) is 18.3 Å². The Labute approximate surface area is 232 Å². The summed E-state index contributed by atoms with van der Waals surface area (Å²) in [6.45, 7) is 7.24. The maximum Gasteiger partial charge on any atom is 0.256 e. The smallest absolute Gasteiger partial charge is 0.256 e. The Morgan fingerprint density at radius 2 is 1.79 bits per heavy atom. The van der Waals surface area contributed by atoms with Gasteiger partial charge in [0, 0.05) is 5.56 Å². The number of hydrogen-bond acceptors (Lipinski definition) is 5. The van der Waals surface area contributed by atoms with Crippen LogP contribution in [0, 0.1) is 24.0 Å². The van der Waals surface area contributed by atoms with Crippen molar-refractivity contribution in [3.8, 4) is 11.1 Å². The number of hydrogen-bond donors (Lipinski definition) is 2. The first-order valence-corrected chi connectivity index (χ1v) is 13.4. The van der Waals surface area contributed by atoms with Gasteiger partial charge >= 0.3 is 0 Å². The molecule has 3 heterocycles. The molecule has 0 bridgehead atoms. The molecule has 1 atom stereocenters. The van der Waals surface area contributed by atoms with Crippen LogP contribution in [0.4, 0.5) is 23.5 Å². The first kappa shape index (κ1) is 29.2. The van der Waals surface area contributed by atoms with Crippen LogP contribution in [-0.4, -0.2) is 43.1 Å². The maximum atomic E-state index is 15.0. The van der Waals surface area contributed by atoms with Crippen LogP contribution in [0.25, 0.3) is 27.7 Å². The molecule has 12 heteroatoms. The number of nitrogen functional groups attached to an aromatic ring is 1. The Morgan fingerprint density at radius 3 is 2.36 bits per heavy atom. The number of benzene rings is 1. The first-order chi connectivity index (χ1) is 18.1. The van der Waals surface area contributed by atoms with Crippen molar-refractivity contribution in [2.24, 2.45) is 5.41 Å². The van der Waals surface area contributed by atoms with Crippen LogP contribution in [0.5, 0.6) is 0 Å². The van der Waals surface area contributed by atoms with Crippen molar-refractivity contribution >= 4 is 43.0 Å². The van der Waals surface area contributed by atoms with Crippen molar-refractivity contribution in [2.75, 3.05) is 5.73 Å². The van der Waals surface area contributed by atoms with E-state index in [0.29, 0.717) is 11.1 Å². The number of aryl methyl sites for hydroxylation is 1. The summed E-state index contributed by atoms with van der Waals surface area (Å²) in [5, 5.41) is 3.99. The lowest BCUT2D eigenvalue weighted by molar-refractivity contribution is 0.127. The van der Waals surface area contributed by atoms with Crippen LogP contribution >= 0.6 is 12.6 Å². The number of thiol groups is 1. The van der Waals surface area contributed by atoms with Gasteiger partial charge in [0.15, 0.2) is 11.6 Å². The van der Waals surface area contributed by atoms with Gasteiger partial charge in [-0.1, -0.05) is 40.0 Å². The molecule has 1 aliphatic rings. The number of nitrogens with zero attached hydrogens (tertiary/aromatic N) is 5. The van der Waals surface area contributed by atoms with Crippen LogP contribution in [0.3, 0.4) is 0 Å². The highest BCUT2D eigenvalue weighted by Crippen LogP contribution is 2.36. The molecule has 0 spiro atoms. The highest BCUT2D eigenvalue weighted by atomic mass is 32.1. The second kappa shape index (κ2) is 11.0. The van der Waals surface area contributed by atoms with Gasteiger partial charge in [0.05, 0.1) is 37.3 Å². The second-order valence-electron chi connectivity index (χ2n) is 11.3. The third-order valence-corrected chi connectivity index (χ3v) is 7.17. The average molecular weight is 560 g/mol. The Kier molecular flexibility index (Phi) is 8.26. The van der Waals surface area contributed by atoms with Crippen molar-refractivity contribution in [2.45, 2.75) is 83.8 Å². The molecule has 2 N–H and O–H groups in total. The summed E-state index contributed by atoms with van der Waals surface area (Å²) in [6.07, 6.45) is 5.83. The molecule has 3 aromatic heterocycles. The van der Waals surface area contributed by atoms with Crippen molar-refractivity contribution < 1.29 is 17.6 Å². The van der Waals surface area contributed by atoms with E-state index in [1.807, 2.05) is 0 Å². The van der Waals surface area contributed by atoms with Gasteiger partial charge in [0.25, 0.3) is 6.43 Å². The monoisotopic (exact) mass is 560 g/mol. The maximum absolute atomic E-state index is 15.0. The highest BCUT2D eigenvalue weighted by molar-refractivity contribution is 7.83. The third-order valence-electron chi connectivity index (χ3n) is 7.01. The Balaban J connectivity index is 0.000000379. The minimum absolute atomic E-state index is 0.00386. The van der Waals surface area contributed by atoms with E-state index in [2.05, 4.69) is 41.5 Å². The molecule has 208 valence electrons. The quantitative estimate of drug-likeness (QED) is 0.166. The number of halogens is 4. The molecule has 0 saturated heterocycles. The Hall–Kier alpha value is -2.76. The van der Waals surface area contributed by atoms with Crippen LogP contribution in [0.2, 0.25) is 0 Å². The summed E-state index contributed by atoms with van der Waals surface area (Å²) in [5.74, 6) is -1.36. The minimum Gasteiger partial charge on any atom is -0.367 e. The standard InChI is InChI=1S/C19H17BF4N6S.C8H16/c1-8-26-16-10(21)3-9(4-13(16)29(8)7-14(23)24)15-11(22)6-30-17(15)12(5-19(2,20)31)27-18(25)28-30;1-8(2)6-4-3-5-7-8/h3-4,6,14,31H,5,7H2,1-2H3,(H2,25,28);3-7H2,1-2H3. The Bertz CT molecular complexity index is 1480. The summed E-state index contributed by atoms with van der Waals surface area (Å²) < 4.78 is 57.4. The molecule has 1 aliphatic carbocycles. The molecule has 0 aliphatic heterocycles. The Morgan fingerprint density at radius 1 is 1.13 bits per heavy atom. The zero-order chi connectivity index (χ0) is 28.7. The molecule has 1 saturated carbocycles. The molecular formula is C27H33BF4N6S. The fourth-order valence-corrected chi connectivity index (χ4v) is 5.35. The van der Waals surface area contributed by atoms with E-state index in [-0.39, 0.29) is 45.9 Å². The number of anilines is 1. The van der Waals surface area contributed by atoms with E-state index in [4.69, 9.17) is 13.6 Å². The molecule has 1 aromatic carbocycles.